The number of hydrogen-bond acceptors (Lipinski definition) is 3. The van der Waals surface area contributed by atoms with Crippen molar-refractivity contribution >= 4 is 6.03 Å². The zero-order valence-corrected chi connectivity index (χ0v) is 10.8. The first-order valence-corrected chi connectivity index (χ1v) is 6.32. The summed E-state index contributed by atoms with van der Waals surface area (Å²) < 4.78 is 4.95. The van der Waals surface area contributed by atoms with Crippen LogP contribution in [0.2, 0.25) is 0 Å². The van der Waals surface area contributed by atoms with E-state index in [2.05, 4.69) is 5.32 Å². The van der Waals surface area contributed by atoms with Crippen LogP contribution in [0.4, 0.5) is 4.79 Å². The first-order chi connectivity index (χ1) is 8.13. The Hall–Kier alpha value is -0.810. The van der Waals surface area contributed by atoms with Gasteiger partial charge in [0.1, 0.15) is 0 Å². The van der Waals surface area contributed by atoms with Crippen LogP contribution in [-0.4, -0.2) is 55.5 Å². The summed E-state index contributed by atoms with van der Waals surface area (Å²) in [7, 11) is 3.45. The van der Waals surface area contributed by atoms with Crippen molar-refractivity contribution in [2.24, 2.45) is 0 Å². The Morgan fingerprint density at radius 1 is 1.41 bits per heavy atom. The molecule has 0 aromatic rings. The lowest BCUT2D eigenvalue weighted by Gasteiger charge is -2.28. The number of urea groups is 1. The highest BCUT2D eigenvalue weighted by Crippen LogP contribution is 2.18. The van der Waals surface area contributed by atoms with E-state index in [0.717, 1.165) is 32.1 Å². The molecule has 0 aliphatic heterocycles. The van der Waals surface area contributed by atoms with Crippen LogP contribution in [0.3, 0.4) is 0 Å². The Morgan fingerprint density at radius 2 is 2.06 bits per heavy atom. The third-order valence-corrected chi connectivity index (χ3v) is 3.21. The Morgan fingerprint density at radius 3 is 2.65 bits per heavy atom. The number of aliphatic hydroxyl groups excluding tert-OH is 1. The predicted octanol–water partition coefficient (Wildman–Crippen LogP) is 0.968. The average Bonchev–Trinajstić information content (AvgIpc) is 2.32. The van der Waals surface area contributed by atoms with Crippen molar-refractivity contribution in [2.45, 2.75) is 44.2 Å². The normalized spacial score (nSPS) is 24.4. The van der Waals surface area contributed by atoms with Crippen LogP contribution in [0.5, 0.6) is 0 Å². The van der Waals surface area contributed by atoms with Gasteiger partial charge in [0.2, 0.25) is 0 Å². The topological polar surface area (TPSA) is 61.8 Å². The van der Waals surface area contributed by atoms with Crippen LogP contribution in [-0.2, 0) is 4.74 Å². The number of aliphatic hydroxyl groups is 1. The molecule has 100 valence electrons. The molecule has 2 N–H and O–H groups in total. The van der Waals surface area contributed by atoms with Gasteiger partial charge in [-0.2, -0.15) is 0 Å². The zero-order valence-electron chi connectivity index (χ0n) is 10.8. The van der Waals surface area contributed by atoms with Gasteiger partial charge in [0.05, 0.1) is 6.10 Å². The summed E-state index contributed by atoms with van der Waals surface area (Å²) in [5, 5.41) is 12.4. The Labute approximate surface area is 103 Å². The molecule has 0 aromatic heterocycles. The zero-order chi connectivity index (χ0) is 12.7. The highest BCUT2D eigenvalue weighted by atomic mass is 16.5. The fourth-order valence-corrected chi connectivity index (χ4v) is 2.05. The van der Waals surface area contributed by atoms with E-state index in [0.29, 0.717) is 13.2 Å². The van der Waals surface area contributed by atoms with Gasteiger partial charge in [-0.25, -0.2) is 4.79 Å². The Bertz CT molecular complexity index is 228. The van der Waals surface area contributed by atoms with Crippen molar-refractivity contribution in [1.82, 2.24) is 10.2 Å². The molecule has 1 saturated carbocycles. The summed E-state index contributed by atoms with van der Waals surface area (Å²) in [6, 6.07) is 0.193. The van der Waals surface area contributed by atoms with Gasteiger partial charge in [0, 0.05) is 33.4 Å². The first kappa shape index (κ1) is 14.3. The molecule has 0 atom stereocenters. The average molecular weight is 244 g/mol. The number of nitrogens with zero attached hydrogens (tertiary/aromatic N) is 1. The van der Waals surface area contributed by atoms with Gasteiger partial charge < -0.3 is 20.1 Å². The van der Waals surface area contributed by atoms with Crippen molar-refractivity contribution in [1.29, 1.82) is 0 Å². The summed E-state index contributed by atoms with van der Waals surface area (Å²) in [5.41, 5.74) is 0. The third kappa shape index (κ3) is 5.37. The predicted molar refractivity (Wildman–Crippen MR) is 65.9 cm³/mol. The van der Waals surface area contributed by atoms with Crippen LogP contribution in [0.15, 0.2) is 0 Å². The molecule has 0 saturated heterocycles. The second kappa shape index (κ2) is 7.50. The fourth-order valence-electron chi connectivity index (χ4n) is 2.05. The summed E-state index contributed by atoms with van der Waals surface area (Å²) >= 11 is 0. The van der Waals surface area contributed by atoms with Gasteiger partial charge in [-0.15, -0.1) is 0 Å². The highest BCUT2D eigenvalue weighted by Gasteiger charge is 2.21. The molecule has 1 fully saturated rings. The minimum absolute atomic E-state index is 0.0255. The van der Waals surface area contributed by atoms with Crippen LogP contribution >= 0.6 is 0 Å². The summed E-state index contributed by atoms with van der Waals surface area (Å²) in [6.07, 6.45) is 4.00. The standard InChI is InChI=1S/C12H24N2O3/c1-14(8-3-9-17-2)12(16)13-10-4-6-11(15)7-5-10/h10-11,15H,3-9H2,1-2H3,(H,13,16). The first-order valence-electron chi connectivity index (χ1n) is 6.32. The van der Waals surface area contributed by atoms with Crippen molar-refractivity contribution in [3.63, 3.8) is 0 Å². The van der Waals surface area contributed by atoms with E-state index >= 15 is 0 Å². The van der Waals surface area contributed by atoms with Gasteiger partial charge in [-0.1, -0.05) is 0 Å². The number of ether oxygens (including phenoxy) is 1. The maximum absolute atomic E-state index is 11.8. The van der Waals surface area contributed by atoms with Gasteiger partial charge in [-0.3, -0.25) is 0 Å². The van der Waals surface area contributed by atoms with E-state index in [1.807, 2.05) is 0 Å². The van der Waals surface area contributed by atoms with Gasteiger partial charge in [0.25, 0.3) is 0 Å². The number of rotatable bonds is 5. The molecule has 17 heavy (non-hydrogen) atoms. The van der Waals surface area contributed by atoms with E-state index < -0.39 is 0 Å². The minimum atomic E-state index is -0.178. The molecule has 5 heteroatoms. The molecule has 0 bridgehead atoms. The molecule has 0 spiro atoms. The smallest absolute Gasteiger partial charge is 0.317 e. The second-order valence-electron chi connectivity index (χ2n) is 4.72. The Balaban J connectivity index is 2.19. The van der Waals surface area contributed by atoms with E-state index in [9.17, 15) is 9.90 Å². The number of amides is 2. The summed E-state index contributed by atoms with van der Waals surface area (Å²) in [5.74, 6) is 0. The maximum atomic E-state index is 11.8. The van der Waals surface area contributed by atoms with Gasteiger partial charge >= 0.3 is 6.03 Å². The van der Waals surface area contributed by atoms with E-state index in [4.69, 9.17) is 4.74 Å². The molecule has 1 aliphatic rings. The number of hydrogen-bond donors (Lipinski definition) is 2. The Kier molecular flexibility index (Phi) is 6.29. The lowest BCUT2D eigenvalue weighted by atomic mass is 9.93. The molecule has 0 radical (unpaired) electrons. The van der Waals surface area contributed by atoms with E-state index in [1.165, 1.54) is 0 Å². The lowest BCUT2D eigenvalue weighted by Crippen LogP contribution is -2.45. The molecule has 0 unspecified atom stereocenters. The van der Waals surface area contributed by atoms with E-state index in [-0.39, 0.29) is 18.2 Å². The molecule has 1 rings (SSSR count). The second-order valence-corrected chi connectivity index (χ2v) is 4.72. The summed E-state index contributed by atoms with van der Waals surface area (Å²) in [6.45, 7) is 1.38. The van der Waals surface area contributed by atoms with Crippen molar-refractivity contribution in [3.8, 4) is 0 Å². The molecule has 0 aromatic carbocycles. The molecular formula is C12H24N2O3. The van der Waals surface area contributed by atoms with E-state index in [1.54, 1.807) is 19.1 Å². The monoisotopic (exact) mass is 244 g/mol. The minimum Gasteiger partial charge on any atom is -0.393 e. The van der Waals surface area contributed by atoms with Crippen LogP contribution < -0.4 is 5.32 Å². The third-order valence-electron chi connectivity index (χ3n) is 3.21. The van der Waals surface area contributed by atoms with Crippen molar-refractivity contribution in [3.05, 3.63) is 0 Å². The number of methoxy groups -OCH3 is 1. The largest absolute Gasteiger partial charge is 0.393 e. The maximum Gasteiger partial charge on any atom is 0.317 e. The molecule has 2 amide bonds. The molecule has 1 aliphatic carbocycles. The SMILES string of the molecule is COCCCN(C)C(=O)NC1CCC(O)CC1. The van der Waals surface area contributed by atoms with Crippen molar-refractivity contribution < 1.29 is 14.6 Å². The number of carbonyl (C=O) groups is 1. The quantitative estimate of drug-likeness (QED) is 0.708. The van der Waals surface area contributed by atoms with Gasteiger partial charge in [0.15, 0.2) is 0 Å². The van der Waals surface area contributed by atoms with Crippen molar-refractivity contribution in [2.75, 3.05) is 27.3 Å². The van der Waals surface area contributed by atoms with Crippen LogP contribution in [0.25, 0.3) is 0 Å². The summed E-state index contributed by atoms with van der Waals surface area (Å²) in [4.78, 5) is 13.5. The molecule has 5 nitrogen and oxygen atoms in total. The molecular weight excluding hydrogens is 220 g/mol. The highest BCUT2D eigenvalue weighted by molar-refractivity contribution is 5.74. The number of nitrogens with one attached hydrogen (secondary N) is 1. The number of carbonyl (C=O) groups excluding carboxylic acids is 1. The fraction of sp³-hybridized carbons (Fsp3) is 0.917. The lowest BCUT2D eigenvalue weighted by molar-refractivity contribution is 0.115. The molecule has 0 heterocycles. The van der Waals surface area contributed by atoms with Crippen LogP contribution in [0.1, 0.15) is 32.1 Å². The van der Waals surface area contributed by atoms with Crippen LogP contribution in [0, 0.1) is 0 Å². The van der Waals surface area contributed by atoms with Gasteiger partial charge in [-0.05, 0) is 32.1 Å².